The monoisotopic (exact) mass is 345 g/mol. The molecule has 0 aliphatic rings. The third-order valence-corrected chi connectivity index (χ3v) is 3.39. The van der Waals surface area contributed by atoms with Crippen LogP contribution in [0.5, 0.6) is 11.5 Å². The number of benzene rings is 2. The van der Waals surface area contributed by atoms with Gasteiger partial charge >= 0.3 is 0 Å². The van der Waals surface area contributed by atoms with Crippen LogP contribution in [-0.2, 0) is 6.54 Å². The summed E-state index contributed by atoms with van der Waals surface area (Å²) in [5.74, 6) is 1.23. The van der Waals surface area contributed by atoms with Gasteiger partial charge in [0, 0.05) is 21.6 Å². The molecule has 2 rings (SSSR count). The Hall–Kier alpha value is -0.740. The Morgan fingerprint density at radius 3 is 2.50 bits per heavy atom. The average molecular weight is 347 g/mol. The fraction of sp³-hybridized carbons (Fsp3) is 0.0769. The molecule has 0 aromatic heterocycles. The molecule has 0 heterocycles. The fourth-order valence-corrected chi connectivity index (χ4v) is 2.26. The van der Waals surface area contributed by atoms with Gasteiger partial charge in [0.1, 0.15) is 11.5 Å². The molecular formula is C13H10BrCl2NO. The molecule has 18 heavy (non-hydrogen) atoms. The maximum absolute atomic E-state index is 6.06. The zero-order chi connectivity index (χ0) is 13.1. The van der Waals surface area contributed by atoms with Crippen molar-refractivity contribution >= 4 is 39.1 Å². The molecule has 0 aliphatic carbocycles. The first-order valence-corrected chi connectivity index (χ1v) is 6.76. The van der Waals surface area contributed by atoms with Crippen LogP contribution in [-0.4, -0.2) is 0 Å². The number of rotatable bonds is 3. The van der Waals surface area contributed by atoms with Gasteiger partial charge in [0.2, 0.25) is 0 Å². The SMILES string of the molecule is NCc1ccc(Br)cc1Oc1ccc(Cl)cc1Cl. The van der Waals surface area contributed by atoms with Gasteiger partial charge in [0.05, 0.1) is 5.02 Å². The van der Waals surface area contributed by atoms with E-state index in [-0.39, 0.29) is 0 Å². The standard InChI is InChI=1S/C13H10BrCl2NO/c14-9-2-1-8(7-17)13(5-9)18-12-4-3-10(15)6-11(12)16/h1-6H,7,17H2. The van der Waals surface area contributed by atoms with Crippen LogP contribution in [0.4, 0.5) is 0 Å². The topological polar surface area (TPSA) is 35.2 Å². The van der Waals surface area contributed by atoms with Crippen molar-refractivity contribution in [1.29, 1.82) is 0 Å². The molecule has 0 amide bonds. The molecule has 0 atom stereocenters. The highest BCUT2D eigenvalue weighted by atomic mass is 79.9. The molecule has 0 fully saturated rings. The number of hydrogen-bond donors (Lipinski definition) is 1. The lowest BCUT2D eigenvalue weighted by Crippen LogP contribution is -1.99. The Labute approximate surface area is 124 Å². The van der Waals surface area contributed by atoms with Crippen LogP contribution in [0, 0.1) is 0 Å². The molecule has 0 aliphatic heterocycles. The minimum atomic E-state index is 0.397. The predicted octanol–water partition coefficient (Wildman–Crippen LogP) is 5.01. The van der Waals surface area contributed by atoms with Gasteiger partial charge in [0.25, 0.3) is 0 Å². The first-order chi connectivity index (χ1) is 8.60. The number of ether oxygens (including phenoxy) is 1. The fourth-order valence-electron chi connectivity index (χ4n) is 1.47. The smallest absolute Gasteiger partial charge is 0.146 e. The Morgan fingerprint density at radius 1 is 1.06 bits per heavy atom. The lowest BCUT2D eigenvalue weighted by atomic mass is 10.2. The molecule has 94 valence electrons. The van der Waals surface area contributed by atoms with Crippen molar-refractivity contribution in [2.45, 2.75) is 6.54 Å². The molecular weight excluding hydrogens is 337 g/mol. The molecule has 0 saturated heterocycles. The third-order valence-electron chi connectivity index (χ3n) is 2.36. The molecule has 0 spiro atoms. The van der Waals surface area contributed by atoms with Crippen LogP contribution in [0.15, 0.2) is 40.9 Å². The lowest BCUT2D eigenvalue weighted by molar-refractivity contribution is 0.476. The maximum Gasteiger partial charge on any atom is 0.146 e. The van der Waals surface area contributed by atoms with Crippen molar-refractivity contribution in [3.63, 3.8) is 0 Å². The summed E-state index contributed by atoms with van der Waals surface area (Å²) in [6.45, 7) is 0.397. The summed E-state index contributed by atoms with van der Waals surface area (Å²) in [4.78, 5) is 0. The van der Waals surface area contributed by atoms with Crippen molar-refractivity contribution in [3.8, 4) is 11.5 Å². The Balaban J connectivity index is 2.36. The first-order valence-electron chi connectivity index (χ1n) is 5.21. The van der Waals surface area contributed by atoms with Gasteiger partial charge in [0.15, 0.2) is 0 Å². The zero-order valence-electron chi connectivity index (χ0n) is 9.29. The van der Waals surface area contributed by atoms with E-state index in [9.17, 15) is 0 Å². The van der Waals surface area contributed by atoms with E-state index in [0.29, 0.717) is 28.1 Å². The summed E-state index contributed by atoms with van der Waals surface area (Å²) in [5.41, 5.74) is 6.57. The lowest BCUT2D eigenvalue weighted by Gasteiger charge is -2.11. The molecule has 0 bridgehead atoms. The van der Waals surface area contributed by atoms with E-state index in [1.165, 1.54) is 0 Å². The van der Waals surface area contributed by atoms with Crippen LogP contribution in [0.3, 0.4) is 0 Å². The normalized spacial score (nSPS) is 10.4. The van der Waals surface area contributed by atoms with E-state index in [0.717, 1.165) is 10.0 Å². The largest absolute Gasteiger partial charge is 0.455 e. The van der Waals surface area contributed by atoms with Crippen molar-refractivity contribution < 1.29 is 4.74 Å². The quantitative estimate of drug-likeness (QED) is 0.848. The van der Waals surface area contributed by atoms with E-state index >= 15 is 0 Å². The number of nitrogens with two attached hydrogens (primary N) is 1. The van der Waals surface area contributed by atoms with Gasteiger partial charge in [-0.15, -0.1) is 0 Å². The van der Waals surface area contributed by atoms with E-state index in [1.807, 2.05) is 18.2 Å². The first kappa shape index (κ1) is 13.7. The molecule has 2 aromatic carbocycles. The van der Waals surface area contributed by atoms with Crippen molar-refractivity contribution in [2.24, 2.45) is 5.73 Å². The number of halogens is 3. The summed E-state index contributed by atoms with van der Waals surface area (Å²) in [7, 11) is 0. The zero-order valence-corrected chi connectivity index (χ0v) is 12.4. The highest BCUT2D eigenvalue weighted by Crippen LogP contribution is 2.34. The summed E-state index contributed by atoms with van der Waals surface area (Å²) in [5, 5.41) is 1.03. The van der Waals surface area contributed by atoms with E-state index in [1.54, 1.807) is 18.2 Å². The summed E-state index contributed by atoms with van der Waals surface area (Å²) >= 11 is 15.3. The summed E-state index contributed by atoms with van der Waals surface area (Å²) < 4.78 is 6.68. The third kappa shape index (κ3) is 3.18. The van der Waals surface area contributed by atoms with Crippen LogP contribution in [0.2, 0.25) is 10.0 Å². The number of hydrogen-bond acceptors (Lipinski definition) is 2. The van der Waals surface area contributed by atoms with Crippen LogP contribution >= 0.6 is 39.1 Å². The van der Waals surface area contributed by atoms with Gasteiger partial charge in [-0.25, -0.2) is 0 Å². The highest BCUT2D eigenvalue weighted by Gasteiger charge is 2.08. The molecule has 2 aromatic rings. The second kappa shape index (κ2) is 5.93. The molecule has 5 heteroatoms. The minimum absolute atomic E-state index is 0.397. The van der Waals surface area contributed by atoms with E-state index in [2.05, 4.69) is 15.9 Å². The summed E-state index contributed by atoms with van der Waals surface area (Å²) in [6.07, 6.45) is 0. The van der Waals surface area contributed by atoms with Crippen molar-refractivity contribution in [2.75, 3.05) is 0 Å². The summed E-state index contributed by atoms with van der Waals surface area (Å²) in [6, 6.07) is 10.8. The van der Waals surface area contributed by atoms with Gasteiger partial charge in [-0.1, -0.05) is 45.2 Å². The highest BCUT2D eigenvalue weighted by molar-refractivity contribution is 9.10. The maximum atomic E-state index is 6.06. The van der Waals surface area contributed by atoms with Gasteiger partial charge < -0.3 is 10.5 Å². The molecule has 2 nitrogen and oxygen atoms in total. The predicted molar refractivity (Wildman–Crippen MR) is 78.6 cm³/mol. The van der Waals surface area contributed by atoms with E-state index in [4.69, 9.17) is 33.7 Å². The Morgan fingerprint density at radius 2 is 1.83 bits per heavy atom. The second-order valence-corrected chi connectivity index (χ2v) is 5.39. The second-order valence-electron chi connectivity index (χ2n) is 3.63. The molecule has 2 N–H and O–H groups in total. The van der Waals surface area contributed by atoms with Crippen molar-refractivity contribution in [3.05, 3.63) is 56.5 Å². The molecule has 0 saturated carbocycles. The van der Waals surface area contributed by atoms with Crippen LogP contribution in [0.25, 0.3) is 0 Å². The Bertz CT molecular complexity index is 575. The minimum Gasteiger partial charge on any atom is -0.455 e. The van der Waals surface area contributed by atoms with Gasteiger partial charge in [-0.05, 0) is 30.3 Å². The van der Waals surface area contributed by atoms with Crippen molar-refractivity contribution in [1.82, 2.24) is 0 Å². The average Bonchev–Trinajstić information content (AvgIpc) is 2.33. The van der Waals surface area contributed by atoms with E-state index < -0.39 is 0 Å². The Kier molecular flexibility index (Phi) is 4.51. The van der Waals surface area contributed by atoms with Crippen LogP contribution < -0.4 is 10.5 Å². The van der Waals surface area contributed by atoms with Crippen LogP contribution in [0.1, 0.15) is 5.56 Å². The molecule has 0 radical (unpaired) electrons. The molecule has 0 unspecified atom stereocenters. The van der Waals surface area contributed by atoms with Gasteiger partial charge in [-0.3, -0.25) is 0 Å². The van der Waals surface area contributed by atoms with Gasteiger partial charge in [-0.2, -0.15) is 0 Å².